The molecule has 0 spiro atoms. The molecule has 0 aliphatic heterocycles. The van der Waals surface area contributed by atoms with E-state index >= 15 is 0 Å². The number of pyridine rings is 1. The molecule has 3 heterocycles. The van der Waals surface area contributed by atoms with Crippen LogP contribution in [0.3, 0.4) is 0 Å². The molecule has 5 rings (SSSR count). The second-order valence-corrected chi connectivity index (χ2v) is 7.22. The number of imidazole rings is 1. The molecule has 10 heteroatoms. The van der Waals surface area contributed by atoms with Crippen molar-refractivity contribution in [2.75, 3.05) is 0 Å². The zero-order chi connectivity index (χ0) is 21.4. The summed E-state index contributed by atoms with van der Waals surface area (Å²) >= 11 is 0. The minimum atomic E-state index is -0.722. The second-order valence-electron chi connectivity index (χ2n) is 7.22. The first kappa shape index (κ1) is 19.0. The highest BCUT2D eigenvalue weighted by atomic mass is 19.1. The number of hydrogen-bond acceptors (Lipinski definition) is 6. The van der Waals surface area contributed by atoms with Gasteiger partial charge in [0.05, 0.1) is 5.56 Å². The van der Waals surface area contributed by atoms with Crippen LogP contribution >= 0.6 is 0 Å². The summed E-state index contributed by atoms with van der Waals surface area (Å²) in [6, 6.07) is 6.73. The van der Waals surface area contributed by atoms with Crippen LogP contribution in [0.5, 0.6) is 0 Å². The van der Waals surface area contributed by atoms with Gasteiger partial charge in [-0.3, -0.25) is 9.36 Å². The van der Waals surface area contributed by atoms with Crippen LogP contribution in [0.15, 0.2) is 53.6 Å². The van der Waals surface area contributed by atoms with Crippen LogP contribution in [0.4, 0.5) is 8.78 Å². The molecule has 0 unspecified atom stereocenters. The fraction of sp³-hybridized carbons (Fsp3) is 0.190. The first-order valence-corrected chi connectivity index (χ1v) is 9.63. The highest BCUT2D eigenvalue weighted by Gasteiger charge is 2.29. The molecule has 1 amide bonds. The minimum Gasteiger partial charge on any atom is -0.346 e. The summed E-state index contributed by atoms with van der Waals surface area (Å²) in [5.74, 6) is 0.205. The number of aromatic nitrogens is 5. The maximum absolute atomic E-state index is 13.7. The number of nitrogens with zero attached hydrogens (tertiary/aromatic N) is 5. The molecule has 8 nitrogen and oxygen atoms in total. The first-order valence-electron chi connectivity index (χ1n) is 9.63. The average Bonchev–Trinajstić information content (AvgIpc) is 3.30. The predicted molar refractivity (Wildman–Crippen MR) is 104 cm³/mol. The van der Waals surface area contributed by atoms with Crippen LogP contribution in [0.25, 0.3) is 17.3 Å². The van der Waals surface area contributed by atoms with Gasteiger partial charge in [-0.1, -0.05) is 11.2 Å². The van der Waals surface area contributed by atoms with Crippen molar-refractivity contribution in [3.05, 3.63) is 77.8 Å². The monoisotopic (exact) mass is 422 g/mol. The third-order valence-corrected chi connectivity index (χ3v) is 4.91. The van der Waals surface area contributed by atoms with Gasteiger partial charge in [0.15, 0.2) is 5.82 Å². The number of nitrogens with one attached hydrogen (secondary N) is 1. The van der Waals surface area contributed by atoms with Crippen LogP contribution in [0.2, 0.25) is 0 Å². The van der Waals surface area contributed by atoms with Crippen LogP contribution in [-0.4, -0.2) is 30.6 Å². The quantitative estimate of drug-likeness (QED) is 0.511. The number of amides is 1. The number of hydrogen-bond donors (Lipinski definition) is 1. The van der Waals surface area contributed by atoms with Gasteiger partial charge in [0, 0.05) is 36.5 Å². The Kier molecular flexibility index (Phi) is 4.73. The van der Waals surface area contributed by atoms with Crippen molar-refractivity contribution in [1.82, 2.24) is 30.0 Å². The molecule has 1 aliphatic rings. The Morgan fingerprint density at radius 2 is 2.06 bits per heavy atom. The van der Waals surface area contributed by atoms with E-state index in [1.54, 1.807) is 22.9 Å². The van der Waals surface area contributed by atoms with Gasteiger partial charge in [-0.15, -0.1) is 0 Å². The lowest BCUT2D eigenvalue weighted by atomic mass is 10.2. The lowest BCUT2D eigenvalue weighted by Gasteiger charge is -2.05. The standard InChI is InChI=1S/C21H16F2N6O2/c22-15-5-3-13(16(23)7-15)8-25-20(30)17-10-29(11-26-17)18-6-4-14(9-24-18)21-27-19(28-31-21)12-1-2-12/h3-7,9-12H,1-2,8H2,(H,25,30). The first-order chi connectivity index (χ1) is 15.1. The molecule has 1 N–H and O–H groups in total. The Morgan fingerprint density at radius 3 is 2.81 bits per heavy atom. The number of benzene rings is 1. The Labute approximate surface area is 175 Å². The van der Waals surface area contributed by atoms with Crippen LogP contribution in [-0.2, 0) is 6.54 Å². The number of rotatable bonds is 6. The highest BCUT2D eigenvalue weighted by molar-refractivity contribution is 5.92. The van der Waals surface area contributed by atoms with E-state index < -0.39 is 17.5 Å². The number of carbonyl (C=O) groups is 1. The fourth-order valence-electron chi connectivity index (χ4n) is 3.02. The summed E-state index contributed by atoms with van der Waals surface area (Å²) in [5, 5.41) is 6.55. The zero-order valence-corrected chi connectivity index (χ0v) is 16.1. The summed E-state index contributed by atoms with van der Waals surface area (Å²) in [4.78, 5) is 25.1. The molecule has 0 atom stereocenters. The van der Waals surface area contributed by atoms with E-state index in [2.05, 4.69) is 25.4 Å². The fourth-order valence-corrected chi connectivity index (χ4v) is 3.02. The van der Waals surface area contributed by atoms with Crippen molar-refractivity contribution >= 4 is 5.91 Å². The summed E-state index contributed by atoms with van der Waals surface area (Å²) < 4.78 is 33.5. The molecule has 1 aromatic carbocycles. The maximum atomic E-state index is 13.7. The van der Waals surface area contributed by atoms with E-state index in [-0.39, 0.29) is 17.8 Å². The molecule has 0 radical (unpaired) electrons. The molecule has 0 saturated heterocycles. The van der Waals surface area contributed by atoms with Gasteiger partial charge in [0.2, 0.25) is 0 Å². The van der Waals surface area contributed by atoms with Crippen LogP contribution in [0.1, 0.15) is 40.6 Å². The minimum absolute atomic E-state index is 0.0855. The van der Waals surface area contributed by atoms with E-state index in [9.17, 15) is 13.6 Å². The summed E-state index contributed by atoms with van der Waals surface area (Å²) in [5.41, 5.74) is 1.01. The molecule has 0 bridgehead atoms. The molecule has 4 aromatic rings. The smallest absolute Gasteiger partial charge is 0.271 e. The highest BCUT2D eigenvalue weighted by Crippen LogP contribution is 2.38. The Hall–Kier alpha value is -3.95. The molecule has 1 aliphatic carbocycles. The van der Waals surface area contributed by atoms with E-state index in [0.29, 0.717) is 23.2 Å². The van der Waals surface area contributed by atoms with Crippen molar-refractivity contribution in [2.45, 2.75) is 25.3 Å². The lowest BCUT2D eigenvalue weighted by Crippen LogP contribution is -2.23. The number of halogens is 2. The molecule has 1 fully saturated rings. The molecular formula is C21H16F2N6O2. The Morgan fingerprint density at radius 1 is 1.19 bits per heavy atom. The summed E-state index contributed by atoms with van der Waals surface area (Å²) in [6.45, 7) is -0.0855. The van der Waals surface area contributed by atoms with Crippen molar-refractivity contribution in [3.8, 4) is 17.3 Å². The molecule has 156 valence electrons. The SMILES string of the molecule is O=C(NCc1ccc(F)cc1F)c1cn(-c2ccc(-c3nc(C4CC4)no3)cn2)cn1. The zero-order valence-electron chi connectivity index (χ0n) is 16.1. The second kappa shape index (κ2) is 7.71. The Bertz CT molecular complexity index is 1250. The normalized spacial score (nSPS) is 13.4. The topological polar surface area (TPSA) is 98.7 Å². The van der Waals surface area contributed by atoms with Gasteiger partial charge >= 0.3 is 0 Å². The predicted octanol–water partition coefficient (Wildman–Crippen LogP) is 3.40. The third-order valence-electron chi connectivity index (χ3n) is 4.91. The van der Waals surface area contributed by atoms with Crippen molar-refractivity contribution < 1.29 is 18.1 Å². The van der Waals surface area contributed by atoms with Gasteiger partial charge in [-0.05, 0) is 31.0 Å². The average molecular weight is 422 g/mol. The summed E-state index contributed by atoms with van der Waals surface area (Å²) in [7, 11) is 0. The van der Waals surface area contributed by atoms with E-state index in [4.69, 9.17) is 4.52 Å². The Balaban J connectivity index is 1.25. The molecule has 3 aromatic heterocycles. The number of carbonyl (C=O) groups excluding carboxylic acids is 1. The van der Waals surface area contributed by atoms with Gasteiger partial charge in [-0.2, -0.15) is 4.98 Å². The molecule has 1 saturated carbocycles. The van der Waals surface area contributed by atoms with Gasteiger partial charge in [-0.25, -0.2) is 18.7 Å². The van der Waals surface area contributed by atoms with Crippen LogP contribution in [0, 0.1) is 11.6 Å². The van der Waals surface area contributed by atoms with E-state index in [1.807, 2.05) is 0 Å². The summed E-state index contributed by atoms with van der Waals surface area (Å²) in [6.07, 6.45) is 6.75. The molecular weight excluding hydrogens is 406 g/mol. The van der Waals surface area contributed by atoms with Gasteiger partial charge in [0.25, 0.3) is 11.8 Å². The van der Waals surface area contributed by atoms with E-state index in [1.165, 1.54) is 18.6 Å². The molecule has 31 heavy (non-hydrogen) atoms. The largest absolute Gasteiger partial charge is 0.346 e. The van der Waals surface area contributed by atoms with Crippen molar-refractivity contribution in [2.24, 2.45) is 0 Å². The van der Waals surface area contributed by atoms with Gasteiger partial charge < -0.3 is 9.84 Å². The van der Waals surface area contributed by atoms with Crippen molar-refractivity contribution in [3.63, 3.8) is 0 Å². The maximum Gasteiger partial charge on any atom is 0.271 e. The van der Waals surface area contributed by atoms with Crippen LogP contribution < -0.4 is 5.32 Å². The third kappa shape index (κ3) is 4.04. The van der Waals surface area contributed by atoms with E-state index in [0.717, 1.165) is 30.8 Å². The lowest BCUT2D eigenvalue weighted by molar-refractivity contribution is 0.0946. The van der Waals surface area contributed by atoms with Crippen molar-refractivity contribution in [1.29, 1.82) is 0 Å². The van der Waals surface area contributed by atoms with Gasteiger partial charge in [0.1, 0.15) is 29.5 Å².